The lowest BCUT2D eigenvalue weighted by Crippen LogP contribution is -2.33. The van der Waals surface area contributed by atoms with E-state index in [1.807, 2.05) is 6.07 Å². The minimum absolute atomic E-state index is 0.279. The number of hydrogen-bond acceptors (Lipinski definition) is 3. The van der Waals surface area contributed by atoms with Gasteiger partial charge in [0.15, 0.2) is 0 Å². The maximum absolute atomic E-state index is 6.13. The van der Waals surface area contributed by atoms with Gasteiger partial charge < -0.3 is 15.4 Å². The number of hydrogen-bond donors (Lipinski definition) is 1. The summed E-state index contributed by atoms with van der Waals surface area (Å²) in [6, 6.07) is 8.57. The van der Waals surface area contributed by atoms with Crippen molar-refractivity contribution in [1.82, 2.24) is 0 Å². The Balaban J connectivity index is 2.04. The van der Waals surface area contributed by atoms with Crippen molar-refractivity contribution in [3.63, 3.8) is 0 Å². The minimum Gasteiger partial charge on any atom is -0.491 e. The Hall–Kier alpha value is -1.22. The molecular formula is C15H24N2O. The van der Waals surface area contributed by atoms with Gasteiger partial charge in [0.1, 0.15) is 5.75 Å². The highest BCUT2D eigenvalue weighted by Gasteiger charge is 2.17. The first-order valence-electron chi connectivity index (χ1n) is 6.91. The largest absolute Gasteiger partial charge is 0.491 e. The molecule has 0 aromatic heterocycles. The van der Waals surface area contributed by atoms with Gasteiger partial charge in [0, 0.05) is 19.1 Å². The molecule has 1 atom stereocenters. The van der Waals surface area contributed by atoms with Crippen LogP contribution < -0.4 is 15.4 Å². The molecule has 0 bridgehead atoms. The van der Waals surface area contributed by atoms with Crippen molar-refractivity contribution in [2.45, 2.75) is 32.7 Å². The van der Waals surface area contributed by atoms with Crippen molar-refractivity contribution in [2.75, 3.05) is 24.6 Å². The van der Waals surface area contributed by atoms with Crippen molar-refractivity contribution >= 4 is 5.69 Å². The monoisotopic (exact) mass is 248 g/mol. The van der Waals surface area contributed by atoms with Crippen LogP contribution in [0.2, 0.25) is 0 Å². The second-order valence-electron chi connectivity index (χ2n) is 5.35. The highest BCUT2D eigenvalue weighted by atomic mass is 16.5. The van der Waals surface area contributed by atoms with Crippen LogP contribution in [-0.2, 0) is 0 Å². The highest BCUT2D eigenvalue weighted by Crippen LogP contribution is 2.30. The molecule has 100 valence electrons. The van der Waals surface area contributed by atoms with Gasteiger partial charge in [0.05, 0.1) is 12.3 Å². The van der Waals surface area contributed by atoms with Crippen LogP contribution in [0, 0.1) is 5.92 Å². The normalized spacial score (nSPS) is 17.0. The molecule has 1 unspecified atom stereocenters. The number of para-hydroxylation sites is 2. The molecule has 1 aliphatic rings. The van der Waals surface area contributed by atoms with E-state index in [1.165, 1.54) is 5.69 Å². The molecular weight excluding hydrogens is 224 g/mol. The van der Waals surface area contributed by atoms with Crippen molar-refractivity contribution in [1.29, 1.82) is 0 Å². The standard InChI is InChI=1S/C15H24N2O/c1-12(2)13(16)8-10-17-9-5-11-18-15-7-4-3-6-14(15)17/h3-4,6-7,12-13H,5,8-11,16H2,1-2H3. The van der Waals surface area contributed by atoms with Crippen LogP contribution in [-0.4, -0.2) is 25.7 Å². The van der Waals surface area contributed by atoms with Gasteiger partial charge in [-0.2, -0.15) is 0 Å². The maximum Gasteiger partial charge on any atom is 0.142 e. The molecule has 1 aliphatic heterocycles. The Kier molecular flexibility index (Phi) is 4.48. The lowest BCUT2D eigenvalue weighted by Gasteiger charge is -2.26. The topological polar surface area (TPSA) is 38.5 Å². The molecule has 0 saturated carbocycles. The van der Waals surface area contributed by atoms with Crippen LogP contribution in [0.25, 0.3) is 0 Å². The van der Waals surface area contributed by atoms with E-state index in [-0.39, 0.29) is 6.04 Å². The Morgan fingerprint density at radius 3 is 2.89 bits per heavy atom. The smallest absolute Gasteiger partial charge is 0.142 e. The third kappa shape index (κ3) is 3.16. The summed E-state index contributed by atoms with van der Waals surface area (Å²) in [5.74, 6) is 1.55. The van der Waals surface area contributed by atoms with E-state index in [2.05, 4.69) is 36.9 Å². The van der Waals surface area contributed by atoms with Gasteiger partial charge in [-0.05, 0) is 30.9 Å². The molecule has 3 heteroatoms. The van der Waals surface area contributed by atoms with E-state index in [0.717, 1.165) is 38.3 Å². The molecule has 0 fully saturated rings. The van der Waals surface area contributed by atoms with Gasteiger partial charge in [-0.1, -0.05) is 26.0 Å². The predicted molar refractivity (Wildman–Crippen MR) is 76.2 cm³/mol. The molecule has 2 N–H and O–H groups in total. The molecule has 1 heterocycles. The number of benzene rings is 1. The summed E-state index contributed by atoms with van der Waals surface area (Å²) in [6.45, 7) is 7.25. The van der Waals surface area contributed by atoms with Crippen molar-refractivity contribution in [3.8, 4) is 5.75 Å². The summed E-state index contributed by atoms with van der Waals surface area (Å²) >= 11 is 0. The van der Waals surface area contributed by atoms with Crippen LogP contribution in [0.3, 0.4) is 0 Å². The molecule has 0 spiro atoms. The third-order valence-corrected chi connectivity index (χ3v) is 3.62. The van der Waals surface area contributed by atoms with Crippen LogP contribution in [0.4, 0.5) is 5.69 Å². The molecule has 0 amide bonds. The van der Waals surface area contributed by atoms with Gasteiger partial charge in [-0.15, -0.1) is 0 Å². The van der Waals surface area contributed by atoms with Gasteiger partial charge in [-0.25, -0.2) is 0 Å². The number of rotatable bonds is 4. The Bertz CT molecular complexity index is 379. The summed E-state index contributed by atoms with van der Waals surface area (Å²) in [4.78, 5) is 2.41. The van der Waals surface area contributed by atoms with E-state index in [9.17, 15) is 0 Å². The number of nitrogens with zero attached hydrogens (tertiary/aromatic N) is 1. The summed E-state index contributed by atoms with van der Waals surface area (Å²) in [5, 5.41) is 0. The first kappa shape index (κ1) is 13.2. The molecule has 3 nitrogen and oxygen atoms in total. The fourth-order valence-electron chi connectivity index (χ4n) is 2.27. The van der Waals surface area contributed by atoms with E-state index < -0.39 is 0 Å². The Morgan fingerprint density at radius 2 is 2.11 bits per heavy atom. The Morgan fingerprint density at radius 1 is 1.33 bits per heavy atom. The van der Waals surface area contributed by atoms with Crippen LogP contribution in [0.15, 0.2) is 24.3 Å². The zero-order valence-electron chi connectivity index (χ0n) is 11.4. The molecule has 0 saturated heterocycles. The lowest BCUT2D eigenvalue weighted by atomic mass is 10.0. The van der Waals surface area contributed by atoms with E-state index in [1.54, 1.807) is 0 Å². The van der Waals surface area contributed by atoms with E-state index in [0.29, 0.717) is 5.92 Å². The summed E-state index contributed by atoms with van der Waals surface area (Å²) in [6.07, 6.45) is 2.11. The maximum atomic E-state index is 6.13. The van der Waals surface area contributed by atoms with Crippen LogP contribution >= 0.6 is 0 Å². The van der Waals surface area contributed by atoms with Gasteiger partial charge in [0.25, 0.3) is 0 Å². The average Bonchev–Trinajstić information content (AvgIpc) is 2.58. The average molecular weight is 248 g/mol. The second kappa shape index (κ2) is 6.10. The van der Waals surface area contributed by atoms with Gasteiger partial charge in [-0.3, -0.25) is 0 Å². The minimum atomic E-state index is 0.279. The van der Waals surface area contributed by atoms with Crippen LogP contribution in [0.1, 0.15) is 26.7 Å². The third-order valence-electron chi connectivity index (χ3n) is 3.62. The summed E-state index contributed by atoms with van der Waals surface area (Å²) < 4.78 is 5.76. The molecule has 18 heavy (non-hydrogen) atoms. The molecule has 1 aromatic rings. The predicted octanol–water partition coefficient (Wildman–Crippen LogP) is 2.65. The second-order valence-corrected chi connectivity index (χ2v) is 5.35. The number of fused-ring (bicyclic) bond motifs is 1. The first-order chi connectivity index (χ1) is 8.68. The number of nitrogens with two attached hydrogens (primary N) is 1. The van der Waals surface area contributed by atoms with E-state index >= 15 is 0 Å². The zero-order chi connectivity index (χ0) is 13.0. The molecule has 0 aliphatic carbocycles. The SMILES string of the molecule is CC(C)C(N)CCN1CCCOc2ccccc21. The Labute approximate surface area is 110 Å². The van der Waals surface area contributed by atoms with Gasteiger partial charge >= 0.3 is 0 Å². The number of ether oxygens (including phenoxy) is 1. The first-order valence-corrected chi connectivity index (χ1v) is 6.91. The fourth-order valence-corrected chi connectivity index (χ4v) is 2.27. The quantitative estimate of drug-likeness (QED) is 0.890. The van der Waals surface area contributed by atoms with Crippen molar-refractivity contribution in [3.05, 3.63) is 24.3 Å². The zero-order valence-corrected chi connectivity index (χ0v) is 11.4. The summed E-state index contributed by atoms with van der Waals surface area (Å²) in [5.41, 5.74) is 7.35. The fraction of sp³-hybridized carbons (Fsp3) is 0.600. The van der Waals surface area contributed by atoms with Crippen molar-refractivity contribution in [2.24, 2.45) is 11.7 Å². The molecule has 0 radical (unpaired) electrons. The lowest BCUT2D eigenvalue weighted by molar-refractivity contribution is 0.322. The molecule has 2 rings (SSSR count). The molecule has 1 aromatic carbocycles. The van der Waals surface area contributed by atoms with Gasteiger partial charge in [0.2, 0.25) is 0 Å². The number of anilines is 1. The van der Waals surface area contributed by atoms with E-state index in [4.69, 9.17) is 10.5 Å². The van der Waals surface area contributed by atoms with Crippen LogP contribution in [0.5, 0.6) is 5.75 Å². The summed E-state index contributed by atoms with van der Waals surface area (Å²) in [7, 11) is 0. The van der Waals surface area contributed by atoms with Crippen molar-refractivity contribution < 1.29 is 4.74 Å². The highest BCUT2D eigenvalue weighted by molar-refractivity contribution is 5.58.